The number of hydrogen-bond acceptors (Lipinski definition) is 4. The summed E-state index contributed by atoms with van der Waals surface area (Å²) < 4.78 is 1.78. The summed E-state index contributed by atoms with van der Waals surface area (Å²) in [5.74, 6) is 2.43. The quantitative estimate of drug-likeness (QED) is 0.676. The maximum absolute atomic E-state index is 10.1. The highest BCUT2D eigenvalue weighted by molar-refractivity contribution is 7.99. The fourth-order valence-corrected chi connectivity index (χ4v) is 2.67. The number of aryl methyl sites for hydroxylation is 1. The third-order valence-corrected chi connectivity index (χ3v) is 3.30. The number of hydrogen-bond donors (Lipinski definition) is 1. The smallest absolute Gasteiger partial charge is 0.165 e. The Labute approximate surface area is 75.0 Å². The molecular formula is C7H11N3OS. The van der Waals surface area contributed by atoms with Crippen molar-refractivity contribution in [3.8, 4) is 0 Å². The Balaban J connectivity index is 2.34. The van der Waals surface area contributed by atoms with Gasteiger partial charge in [0.05, 0.1) is 0 Å². The van der Waals surface area contributed by atoms with Gasteiger partial charge in [-0.2, -0.15) is 11.8 Å². The Morgan fingerprint density at radius 2 is 2.58 bits per heavy atom. The summed E-state index contributed by atoms with van der Waals surface area (Å²) in [6, 6.07) is 0. The molecule has 2 heterocycles. The standard InChI is InChI=1S/C7H11N3OS/c1-10-5-8-9-6(10)7(11)2-3-12-4-7/h5,11H,2-4H2,1H3. The lowest BCUT2D eigenvalue weighted by Crippen LogP contribution is -2.28. The molecule has 1 N–H and O–H groups in total. The van der Waals surface area contributed by atoms with E-state index in [4.69, 9.17) is 0 Å². The van der Waals surface area contributed by atoms with Crippen LogP contribution < -0.4 is 0 Å². The Morgan fingerprint density at radius 1 is 1.75 bits per heavy atom. The van der Waals surface area contributed by atoms with Crippen molar-refractivity contribution >= 4 is 11.8 Å². The molecule has 0 aliphatic carbocycles. The molecule has 1 aliphatic heterocycles. The zero-order valence-corrected chi connectivity index (χ0v) is 7.71. The largest absolute Gasteiger partial charge is 0.381 e. The van der Waals surface area contributed by atoms with Crippen molar-refractivity contribution in [3.63, 3.8) is 0 Å². The summed E-state index contributed by atoms with van der Waals surface area (Å²) in [6.07, 6.45) is 2.40. The van der Waals surface area contributed by atoms with Crippen molar-refractivity contribution < 1.29 is 5.11 Å². The Kier molecular flexibility index (Phi) is 1.84. The van der Waals surface area contributed by atoms with Gasteiger partial charge in [-0.15, -0.1) is 10.2 Å². The van der Waals surface area contributed by atoms with E-state index < -0.39 is 5.60 Å². The van der Waals surface area contributed by atoms with E-state index >= 15 is 0 Å². The van der Waals surface area contributed by atoms with Gasteiger partial charge in [-0.1, -0.05) is 0 Å². The monoisotopic (exact) mass is 185 g/mol. The summed E-state index contributed by atoms with van der Waals surface area (Å²) >= 11 is 1.76. The van der Waals surface area contributed by atoms with Gasteiger partial charge in [-0.3, -0.25) is 0 Å². The highest BCUT2D eigenvalue weighted by Gasteiger charge is 2.37. The first kappa shape index (κ1) is 8.07. The molecule has 5 heteroatoms. The van der Waals surface area contributed by atoms with Gasteiger partial charge < -0.3 is 9.67 Å². The number of nitrogens with zero attached hydrogens (tertiary/aromatic N) is 3. The van der Waals surface area contributed by atoms with Crippen molar-refractivity contribution in [1.82, 2.24) is 14.8 Å². The summed E-state index contributed by atoms with van der Waals surface area (Å²) in [5.41, 5.74) is -0.740. The van der Waals surface area contributed by atoms with E-state index in [2.05, 4.69) is 10.2 Å². The Hall–Kier alpha value is -0.550. The normalized spacial score (nSPS) is 29.5. The molecule has 1 atom stereocenters. The molecular weight excluding hydrogens is 174 g/mol. The molecule has 12 heavy (non-hydrogen) atoms. The van der Waals surface area contributed by atoms with Crippen LogP contribution in [-0.4, -0.2) is 31.4 Å². The SMILES string of the molecule is Cn1cnnc1C1(O)CCSC1. The Bertz CT molecular complexity index is 280. The lowest BCUT2D eigenvalue weighted by Gasteiger charge is -2.19. The molecule has 0 amide bonds. The van der Waals surface area contributed by atoms with Crippen LogP contribution in [0.4, 0.5) is 0 Å². The van der Waals surface area contributed by atoms with E-state index in [-0.39, 0.29) is 0 Å². The molecule has 1 aliphatic rings. The zero-order valence-electron chi connectivity index (χ0n) is 6.90. The second-order valence-corrected chi connectivity index (χ2v) is 4.20. The van der Waals surface area contributed by atoms with Gasteiger partial charge in [0, 0.05) is 12.8 Å². The maximum Gasteiger partial charge on any atom is 0.165 e. The van der Waals surface area contributed by atoms with Crippen molar-refractivity contribution in [2.24, 2.45) is 7.05 Å². The number of thioether (sulfide) groups is 1. The molecule has 1 saturated heterocycles. The van der Waals surface area contributed by atoms with Gasteiger partial charge in [0.2, 0.25) is 0 Å². The predicted octanol–water partition coefficient (Wildman–Crippen LogP) is 0.140. The summed E-state index contributed by atoms with van der Waals surface area (Å²) in [7, 11) is 1.86. The van der Waals surface area contributed by atoms with Crippen molar-refractivity contribution in [1.29, 1.82) is 0 Å². The minimum atomic E-state index is -0.740. The van der Waals surface area contributed by atoms with Gasteiger partial charge in [-0.25, -0.2) is 0 Å². The van der Waals surface area contributed by atoms with Gasteiger partial charge in [-0.05, 0) is 12.2 Å². The average Bonchev–Trinajstić information content (AvgIpc) is 2.59. The minimum absolute atomic E-state index is 0.688. The van der Waals surface area contributed by atoms with Crippen LogP contribution >= 0.6 is 11.8 Å². The van der Waals surface area contributed by atoms with Crippen LogP contribution in [0.25, 0.3) is 0 Å². The van der Waals surface area contributed by atoms with Crippen molar-refractivity contribution in [2.45, 2.75) is 12.0 Å². The molecule has 0 aromatic carbocycles. The molecule has 1 aromatic rings. The van der Waals surface area contributed by atoms with E-state index in [0.717, 1.165) is 17.9 Å². The van der Waals surface area contributed by atoms with Crippen LogP contribution in [0.2, 0.25) is 0 Å². The zero-order chi connectivity index (χ0) is 8.60. The molecule has 0 saturated carbocycles. The average molecular weight is 185 g/mol. The Morgan fingerprint density at radius 3 is 3.08 bits per heavy atom. The van der Waals surface area contributed by atoms with Crippen LogP contribution in [0.15, 0.2) is 6.33 Å². The first-order chi connectivity index (χ1) is 5.72. The summed E-state index contributed by atoms with van der Waals surface area (Å²) in [6.45, 7) is 0. The molecule has 0 spiro atoms. The lowest BCUT2D eigenvalue weighted by molar-refractivity contribution is 0.0529. The van der Waals surface area contributed by atoms with Crippen LogP contribution in [0.5, 0.6) is 0 Å². The van der Waals surface area contributed by atoms with Crippen molar-refractivity contribution in [3.05, 3.63) is 12.2 Å². The fourth-order valence-electron chi connectivity index (χ4n) is 1.44. The fraction of sp³-hybridized carbons (Fsp3) is 0.714. The number of aromatic nitrogens is 3. The van der Waals surface area contributed by atoms with E-state index in [1.165, 1.54) is 0 Å². The molecule has 0 radical (unpaired) electrons. The molecule has 1 fully saturated rings. The van der Waals surface area contributed by atoms with E-state index in [9.17, 15) is 5.11 Å². The maximum atomic E-state index is 10.1. The molecule has 1 aromatic heterocycles. The molecule has 66 valence electrons. The third-order valence-electron chi connectivity index (χ3n) is 2.13. The van der Waals surface area contributed by atoms with Crippen LogP contribution in [0.1, 0.15) is 12.2 Å². The van der Waals surface area contributed by atoms with Gasteiger partial charge >= 0.3 is 0 Å². The minimum Gasteiger partial charge on any atom is -0.381 e. The van der Waals surface area contributed by atoms with E-state index in [1.807, 2.05) is 7.05 Å². The third kappa shape index (κ3) is 1.13. The second kappa shape index (κ2) is 2.74. The molecule has 4 nitrogen and oxygen atoms in total. The second-order valence-electron chi connectivity index (χ2n) is 3.10. The van der Waals surface area contributed by atoms with Gasteiger partial charge in [0.25, 0.3) is 0 Å². The lowest BCUT2D eigenvalue weighted by atomic mass is 10.0. The van der Waals surface area contributed by atoms with Crippen LogP contribution in [-0.2, 0) is 12.6 Å². The summed E-state index contributed by atoms with van der Waals surface area (Å²) in [5, 5.41) is 17.8. The predicted molar refractivity (Wildman–Crippen MR) is 46.8 cm³/mol. The first-order valence-electron chi connectivity index (χ1n) is 3.87. The van der Waals surface area contributed by atoms with E-state index in [0.29, 0.717) is 5.82 Å². The number of aliphatic hydroxyl groups is 1. The highest BCUT2D eigenvalue weighted by Crippen LogP contribution is 2.34. The van der Waals surface area contributed by atoms with E-state index in [1.54, 1.807) is 22.7 Å². The molecule has 2 rings (SSSR count). The molecule has 1 unspecified atom stereocenters. The first-order valence-corrected chi connectivity index (χ1v) is 5.02. The summed E-state index contributed by atoms with van der Waals surface area (Å²) in [4.78, 5) is 0. The molecule has 0 bridgehead atoms. The van der Waals surface area contributed by atoms with Crippen LogP contribution in [0.3, 0.4) is 0 Å². The van der Waals surface area contributed by atoms with Crippen molar-refractivity contribution in [2.75, 3.05) is 11.5 Å². The number of rotatable bonds is 1. The van der Waals surface area contributed by atoms with Crippen LogP contribution in [0, 0.1) is 0 Å². The topological polar surface area (TPSA) is 50.9 Å². The van der Waals surface area contributed by atoms with Gasteiger partial charge in [0.1, 0.15) is 11.9 Å². The van der Waals surface area contributed by atoms with Gasteiger partial charge in [0.15, 0.2) is 5.82 Å². The highest BCUT2D eigenvalue weighted by atomic mass is 32.2.